The molecule has 2 amide bonds. The minimum atomic E-state index is -0.266. The Labute approximate surface area is 145 Å². The van der Waals surface area contributed by atoms with Crippen molar-refractivity contribution in [2.75, 3.05) is 12.4 Å². The Balaban J connectivity index is 1.92. The van der Waals surface area contributed by atoms with Crippen LogP contribution in [0.3, 0.4) is 0 Å². The molecule has 0 bridgehead atoms. The number of carbonyl (C=O) groups is 2. The van der Waals surface area contributed by atoms with Gasteiger partial charge in [-0.25, -0.2) is 0 Å². The second kappa shape index (κ2) is 8.35. The first-order valence-corrected chi connectivity index (χ1v) is 8.43. The average Bonchev–Trinajstić information content (AvgIpc) is 2.98. The van der Waals surface area contributed by atoms with Crippen molar-refractivity contribution >= 4 is 34.4 Å². The highest BCUT2D eigenvalue weighted by Crippen LogP contribution is 2.18. The summed E-state index contributed by atoms with van der Waals surface area (Å²) in [6.07, 6.45) is 3.96. The van der Waals surface area contributed by atoms with Gasteiger partial charge in [0.15, 0.2) is 0 Å². The van der Waals surface area contributed by atoms with Crippen LogP contribution in [0.25, 0.3) is 6.08 Å². The predicted molar refractivity (Wildman–Crippen MR) is 95.9 cm³/mol. The van der Waals surface area contributed by atoms with Crippen LogP contribution in [0, 0.1) is 5.92 Å². The molecule has 2 aromatic rings. The molecular weight excluding hydrogens is 324 g/mol. The Kier molecular flexibility index (Phi) is 6.20. The van der Waals surface area contributed by atoms with Gasteiger partial charge in [-0.05, 0) is 29.7 Å². The molecule has 7 heteroatoms. The van der Waals surface area contributed by atoms with Gasteiger partial charge in [-0.15, -0.1) is 10.2 Å². The minimum absolute atomic E-state index is 0.142. The predicted octanol–water partition coefficient (Wildman–Crippen LogP) is 2.75. The zero-order chi connectivity index (χ0) is 17.5. The molecule has 1 heterocycles. The van der Waals surface area contributed by atoms with Crippen LogP contribution in [-0.2, 0) is 11.2 Å². The van der Waals surface area contributed by atoms with Gasteiger partial charge in [0.1, 0.15) is 5.01 Å². The molecule has 1 aromatic carbocycles. The zero-order valence-corrected chi connectivity index (χ0v) is 14.7. The molecule has 0 saturated heterocycles. The van der Waals surface area contributed by atoms with Crippen LogP contribution >= 0.6 is 11.3 Å². The number of nitrogens with zero attached hydrogens (tertiary/aromatic N) is 2. The number of anilines is 1. The number of hydrogen-bond donors (Lipinski definition) is 2. The topological polar surface area (TPSA) is 84.0 Å². The van der Waals surface area contributed by atoms with Gasteiger partial charge in [-0.3, -0.25) is 14.9 Å². The summed E-state index contributed by atoms with van der Waals surface area (Å²) in [5.41, 5.74) is 1.40. The number of aromatic nitrogens is 2. The smallest absolute Gasteiger partial charge is 0.251 e. The van der Waals surface area contributed by atoms with Gasteiger partial charge in [-0.2, -0.15) is 0 Å². The van der Waals surface area contributed by atoms with Crippen molar-refractivity contribution in [1.82, 2.24) is 15.5 Å². The molecular formula is C17H20N4O2S. The second-order valence-electron chi connectivity index (χ2n) is 5.62. The Morgan fingerprint density at radius 2 is 1.92 bits per heavy atom. The van der Waals surface area contributed by atoms with E-state index < -0.39 is 0 Å². The number of amides is 2. The first-order valence-electron chi connectivity index (χ1n) is 7.61. The van der Waals surface area contributed by atoms with Crippen LogP contribution in [0.15, 0.2) is 30.3 Å². The number of nitrogens with one attached hydrogen (secondary N) is 2. The SMILES string of the molecule is CNC(=O)c1ccc(/C=C/C(=O)Nc2nnc(CC(C)C)s2)cc1. The lowest BCUT2D eigenvalue weighted by Gasteiger charge is -2.00. The fraction of sp³-hybridized carbons (Fsp3) is 0.294. The van der Waals surface area contributed by atoms with Crippen molar-refractivity contribution in [3.63, 3.8) is 0 Å². The summed E-state index contributed by atoms with van der Waals surface area (Å²) in [5, 5.41) is 14.7. The third-order valence-corrected chi connectivity index (χ3v) is 3.97. The Morgan fingerprint density at radius 1 is 1.21 bits per heavy atom. The molecule has 0 radical (unpaired) electrons. The number of carbonyl (C=O) groups excluding carboxylic acids is 2. The standard InChI is InChI=1S/C17H20N4O2S/c1-11(2)10-15-20-21-17(24-15)19-14(22)9-6-12-4-7-13(8-5-12)16(23)18-3/h4-9,11H,10H2,1-3H3,(H,18,23)(H,19,21,22)/b9-6+. The van der Waals surface area contributed by atoms with Gasteiger partial charge in [0.2, 0.25) is 11.0 Å². The van der Waals surface area contributed by atoms with Gasteiger partial charge in [0.05, 0.1) is 0 Å². The van der Waals surface area contributed by atoms with E-state index in [1.807, 2.05) is 0 Å². The zero-order valence-electron chi connectivity index (χ0n) is 13.9. The summed E-state index contributed by atoms with van der Waals surface area (Å²) in [5.74, 6) is 0.0912. The van der Waals surface area contributed by atoms with E-state index in [2.05, 4.69) is 34.7 Å². The highest BCUT2D eigenvalue weighted by Gasteiger charge is 2.08. The molecule has 0 spiro atoms. The second-order valence-corrected chi connectivity index (χ2v) is 6.68. The minimum Gasteiger partial charge on any atom is -0.355 e. The van der Waals surface area contributed by atoms with Crippen molar-refractivity contribution in [2.24, 2.45) is 5.92 Å². The largest absolute Gasteiger partial charge is 0.355 e. The summed E-state index contributed by atoms with van der Waals surface area (Å²) < 4.78 is 0. The molecule has 126 valence electrons. The number of hydrogen-bond acceptors (Lipinski definition) is 5. The van der Waals surface area contributed by atoms with Gasteiger partial charge in [-0.1, -0.05) is 37.3 Å². The molecule has 24 heavy (non-hydrogen) atoms. The lowest BCUT2D eigenvalue weighted by molar-refractivity contribution is -0.111. The average molecular weight is 344 g/mol. The van der Waals surface area contributed by atoms with Crippen LogP contribution in [0.4, 0.5) is 5.13 Å². The van der Waals surface area contributed by atoms with Crippen LogP contribution in [0.1, 0.15) is 34.8 Å². The molecule has 0 unspecified atom stereocenters. The molecule has 2 N–H and O–H groups in total. The quantitative estimate of drug-likeness (QED) is 0.789. The first kappa shape index (κ1) is 17.8. The fourth-order valence-electron chi connectivity index (χ4n) is 1.94. The summed E-state index contributed by atoms with van der Waals surface area (Å²) in [4.78, 5) is 23.4. The molecule has 0 atom stereocenters. The van der Waals surface area contributed by atoms with Gasteiger partial charge >= 0.3 is 0 Å². The summed E-state index contributed by atoms with van der Waals surface area (Å²) >= 11 is 1.39. The molecule has 0 saturated carbocycles. The lowest BCUT2D eigenvalue weighted by atomic mass is 10.1. The Bertz CT molecular complexity index is 735. The van der Waals surface area contributed by atoms with Gasteiger partial charge < -0.3 is 5.32 Å². The third-order valence-electron chi connectivity index (χ3n) is 3.11. The van der Waals surface area contributed by atoms with E-state index in [0.717, 1.165) is 17.0 Å². The summed E-state index contributed by atoms with van der Waals surface area (Å²) in [6, 6.07) is 6.97. The van der Waals surface area contributed by atoms with E-state index in [0.29, 0.717) is 16.6 Å². The Morgan fingerprint density at radius 3 is 2.54 bits per heavy atom. The molecule has 6 nitrogen and oxygen atoms in total. The normalized spacial score (nSPS) is 11.0. The van der Waals surface area contributed by atoms with Crippen molar-refractivity contribution < 1.29 is 9.59 Å². The Hall–Kier alpha value is -2.54. The van der Waals surface area contributed by atoms with Crippen LogP contribution in [0.2, 0.25) is 0 Å². The summed E-state index contributed by atoms with van der Waals surface area (Å²) in [6.45, 7) is 4.22. The van der Waals surface area contributed by atoms with Crippen LogP contribution in [0.5, 0.6) is 0 Å². The fourth-order valence-corrected chi connectivity index (χ4v) is 2.90. The molecule has 2 rings (SSSR count). The van der Waals surface area contributed by atoms with Crippen molar-refractivity contribution in [2.45, 2.75) is 20.3 Å². The van der Waals surface area contributed by atoms with Crippen LogP contribution in [-0.4, -0.2) is 29.1 Å². The monoisotopic (exact) mass is 344 g/mol. The molecule has 1 aromatic heterocycles. The highest BCUT2D eigenvalue weighted by molar-refractivity contribution is 7.15. The van der Waals surface area contributed by atoms with E-state index >= 15 is 0 Å². The maximum absolute atomic E-state index is 11.9. The summed E-state index contributed by atoms with van der Waals surface area (Å²) in [7, 11) is 1.58. The number of rotatable bonds is 6. The van der Waals surface area contributed by atoms with Gasteiger partial charge in [0, 0.05) is 25.1 Å². The van der Waals surface area contributed by atoms with E-state index in [1.54, 1.807) is 37.4 Å². The van der Waals surface area contributed by atoms with E-state index in [9.17, 15) is 9.59 Å². The maximum Gasteiger partial charge on any atom is 0.251 e. The molecule has 0 aliphatic rings. The van der Waals surface area contributed by atoms with Crippen molar-refractivity contribution in [3.8, 4) is 0 Å². The lowest BCUT2D eigenvalue weighted by Crippen LogP contribution is -2.17. The molecule has 0 fully saturated rings. The van der Waals surface area contributed by atoms with Crippen LogP contribution < -0.4 is 10.6 Å². The van der Waals surface area contributed by atoms with E-state index in [4.69, 9.17) is 0 Å². The van der Waals surface area contributed by atoms with Crippen molar-refractivity contribution in [3.05, 3.63) is 46.5 Å². The number of benzene rings is 1. The molecule has 0 aliphatic carbocycles. The van der Waals surface area contributed by atoms with Crippen molar-refractivity contribution in [1.29, 1.82) is 0 Å². The van der Waals surface area contributed by atoms with Gasteiger partial charge in [0.25, 0.3) is 5.91 Å². The highest BCUT2D eigenvalue weighted by atomic mass is 32.1. The van der Waals surface area contributed by atoms with E-state index in [-0.39, 0.29) is 11.8 Å². The third kappa shape index (κ3) is 5.27. The molecule has 0 aliphatic heterocycles. The maximum atomic E-state index is 11.9. The first-order chi connectivity index (χ1) is 11.5. The van der Waals surface area contributed by atoms with E-state index in [1.165, 1.54) is 17.4 Å².